The fourth-order valence-electron chi connectivity index (χ4n) is 3.37. The molecule has 3 rings (SSSR count). The minimum absolute atomic E-state index is 0.0293. The Kier molecular flexibility index (Phi) is 3.70. The van der Waals surface area contributed by atoms with Crippen LogP contribution in [0.3, 0.4) is 0 Å². The Labute approximate surface area is 130 Å². The number of likely N-dealkylation sites (tertiary alicyclic amines) is 1. The molecule has 2 aliphatic rings. The average molecular weight is 304 g/mol. The van der Waals surface area contributed by atoms with E-state index in [9.17, 15) is 9.59 Å². The van der Waals surface area contributed by atoms with Crippen LogP contribution in [0.5, 0.6) is 0 Å². The molecular weight excluding hydrogens is 280 g/mol. The zero-order chi connectivity index (χ0) is 16.0. The molecule has 0 radical (unpaired) electrons. The Balaban J connectivity index is 1.57. The predicted octanol–water partition coefficient (Wildman–Crippen LogP) is 1.38. The standard InChI is InChI=1S/C16H24N4O2/c1-8(2)12-5-13(19-18-12)16(22)20-6-10-11(7-20)14(10)15(21)17-9(3)4/h5,8-11,14H,6-7H2,1-4H3,(H,17,21)(H,18,19). The summed E-state index contributed by atoms with van der Waals surface area (Å²) in [6, 6.07) is 2.00. The molecule has 1 saturated carbocycles. The summed E-state index contributed by atoms with van der Waals surface area (Å²) in [5.74, 6) is 1.18. The number of hydrogen-bond donors (Lipinski definition) is 2. The van der Waals surface area contributed by atoms with E-state index in [0.29, 0.717) is 36.5 Å². The number of hydrogen-bond acceptors (Lipinski definition) is 3. The molecule has 2 N–H and O–H groups in total. The first-order valence-electron chi connectivity index (χ1n) is 8.03. The molecule has 6 heteroatoms. The molecule has 22 heavy (non-hydrogen) atoms. The van der Waals surface area contributed by atoms with Gasteiger partial charge >= 0.3 is 0 Å². The highest BCUT2D eigenvalue weighted by atomic mass is 16.2. The number of rotatable bonds is 4. The molecule has 1 aliphatic carbocycles. The summed E-state index contributed by atoms with van der Waals surface area (Å²) < 4.78 is 0. The van der Waals surface area contributed by atoms with Crippen LogP contribution in [0, 0.1) is 17.8 Å². The number of nitrogens with one attached hydrogen (secondary N) is 2. The van der Waals surface area contributed by atoms with Gasteiger partial charge < -0.3 is 10.2 Å². The topological polar surface area (TPSA) is 78.1 Å². The second-order valence-corrected chi connectivity index (χ2v) is 7.09. The van der Waals surface area contributed by atoms with Crippen LogP contribution in [0.2, 0.25) is 0 Å². The van der Waals surface area contributed by atoms with Crippen LogP contribution in [0.15, 0.2) is 6.07 Å². The number of aromatic nitrogens is 2. The van der Waals surface area contributed by atoms with Crippen LogP contribution >= 0.6 is 0 Å². The maximum atomic E-state index is 12.4. The lowest BCUT2D eigenvalue weighted by atomic mass is 10.1. The summed E-state index contributed by atoms with van der Waals surface area (Å²) in [6.07, 6.45) is 0. The third-order valence-corrected chi connectivity index (χ3v) is 4.65. The van der Waals surface area contributed by atoms with Crippen LogP contribution in [0.1, 0.15) is 49.8 Å². The number of H-pyrrole nitrogens is 1. The molecule has 1 aromatic rings. The summed E-state index contributed by atoms with van der Waals surface area (Å²) in [5.41, 5.74) is 1.45. The quantitative estimate of drug-likeness (QED) is 0.882. The number of amides is 2. The first-order valence-corrected chi connectivity index (χ1v) is 8.03. The van der Waals surface area contributed by atoms with Gasteiger partial charge in [-0.2, -0.15) is 5.10 Å². The molecule has 6 nitrogen and oxygen atoms in total. The monoisotopic (exact) mass is 304 g/mol. The first-order chi connectivity index (χ1) is 10.4. The van der Waals surface area contributed by atoms with Crippen molar-refractivity contribution >= 4 is 11.8 Å². The van der Waals surface area contributed by atoms with Gasteiger partial charge in [-0.15, -0.1) is 0 Å². The highest BCUT2D eigenvalue weighted by Gasteiger charge is 2.60. The van der Waals surface area contributed by atoms with Gasteiger partial charge in [0.25, 0.3) is 5.91 Å². The van der Waals surface area contributed by atoms with Crippen LogP contribution in [-0.4, -0.2) is 46.0 Å². The molecule has 1 saturated heterocycles. The molecule has 120 valence electrons. The molecule has 0 aromatic carbocycles. The van der Waals surface area contributed by atoms with E-state index in [-0.39, 0.29) is 23.8 Å². The van der Waals surface area contributed by atoms with E-state index in [1.165, 1.54) is 0 Å². The summed E-state index contributed by atoms with van der Waals surface area (Å²) in [7, 11) is 0. The zero-order valence-corrected chi connectivity index (χ0v) is 13.6. The van der Waals surface area contributed by atoms with Crippen LogP contribution in [0.25, 0.3) is 0 Å². The van der Waals surface area contributed by atoms with Gasteiger partial charge in [-0.05, 0) is 37.7 Å². The van der Waals surface area contributed by atoms with Gasteiger partial charge in [0.05, 0.1) is 0 Å². The number of piperidine rings is 1. The largest absolute Gasteiger partial charge is 0.354 e. The Morgan fingerprint density at radius 2 is 1.91 bits per heavy atom. The molecule has 1 aliphatic heterocycles. The predicted molar refractivity (Wildman–Crippen MR) is 82.3 cm³/mol. The second kappa shape index (κ2) is 5.41. The number of nitrogens with zero attached hydrogens (tertiary/aromatic N) is 2. The number of aromatic amines is 1. The van der Waals surface area contributed by atoms with Gasteiger partial charge in [0.1, 0.15) is 5.69 Å². The lowest BCUT2D eigenvalue weighted by molar-refractivity contribution is -0.123. The van der Waals surface area contributed by atoms with Gasteiger partial charge in [-0.3, -0.25) is 14.7 Å². The average Bonchev–Trinajstić information content (AvgIpc) is 2.85. The molecular formula is C16H24N4O2. The summed E-state index contributed by atoms with van der Waals surface area (Å²) in [6.45, 7) is 9.40. The normalized spacial score (nSPS) is 26.5. The van der Waals surface area contributed by atoms with Crippen molar-refractivity contribution in [1.82, 2.24) is 20.4 Å². The van der Waals surface area contributed by atoms with Crippen molar-refractivity contribution in [1.29, 1.82) is 0 Å². The lowest BCUT2D eigenvalue weighted by Crippen LogP contribution is -2.37. The summed E-state index contributed by atoms with van der Waals surface area (Å²) >= 11 is 0. The van der Waals surface area contributed by atoms with Crippen molar-refractivity contribution in [2.24, 2.45) is 17.8 Å². The van der Waals surface area contributed by atoms with Crippen molar-refractivity contribution in [3.8, 4) is 0 Å². The molecule has 0 spiro atoms. The molecule has 2 heterocycles. The van der Waals surface area contributed by atoms with Crippen molar-refractivity contribution in [3.63, 3.8) is 0 Å². The summed E-state index contributed by atoms with van der Waals surface area (Å²) in [5, 5.41) is 10.0. The third kappa shape index (κ3) is 2.62. The Bertz CT molecular complexity index is 581. The van der Waals surface area contributed by atoms with Crippen LogP contribution in [0.4, 0.5) is 0 Å². The highest BCUT2D eigenvalue weighted by Crippen LogP contribution is 2.52. The van der Waals surface area contributed by atoms with E-state index in [1.807, 2.05) is 24.8 Å². The van der Waals surface area contributed by atoms with Crippen molar-refractivity contribution in [3.05, 3.63) is 17.5 Å². The SMILES string of the molecule is CC(C)NC(=O)C1C2CN(C(=O)c3cc(C(C)C)[nH]n3)CC21. The molecule has 2 atom stereocenters. The molecule has 2 unspecified atom stereocenters. The third-order valence-electron chi connectivity index (χ3n) is 4.65. The maximum Gasteiger partial charge on any atom is 0.274 e. The molecule has 0 bridgehead atoms. The van der Waals surface area contributed by atoms with Crippen LogP contribution in [-0.2, 0) is 4.79 Å². The lowest BCUT2D eigenvalue weighted by Gasteiger charge is -2.19. The second-order valence-electron chi connectivity index (χ2n) is 7.09. The smallest absolute Gasteiger partial charge is 0.274 e. The van der Waals surface area contributed by atoms with Gasteiger partial charge in [0, 0.05) is 30.7 Å². The van der Waals surface area contributed by atoms with Gasteiger partial charge in [0.2, 0.25) is 5.91 Å². The maximum absolute atomic E-state index is 12.4. The molecule has 1 aromatic heterocycles. The van der Waals surface area contributed by atoms with Crippen molar-refractivity contribution in [2.75, 3.05) is 13.1 Å². The fraction of sp³-hybridized carbons (Fsp3) is 0.688. The van der Waals surface area contributed by atoms with E-state index >= 15 is 0 Å². The number of fused-ring (bicyclic) bond motifs is 1. The van der Waals surface area contributed by atoms with Gasteiger partial charge in [-0.1, -0.05) is 13.8 Å². The van der Waals surface area contributed by atoms with Crippen LogP contribution < -0.4 is 5.32 Å². The Hall–Kier alpha value is -1.85. The fourth-order valence-corrected chi connectivity index (χ4v) is 3.37. The van der Waals surface area contributed by atoms with Crippen molar-refractivity contribution in [2.45, 2.75) is 39.7 Å². The van der Waals surface area contributed by atoms with Gasteiger partial charge in [-0.25, -0.2) is 0 Å². The summed E-state index contributed by atoms with van der Waals surface area (Å²) in [4.78, 5) is 26.3. The molecule has 2 fully saturated rings. The van der Waals surface area contributed by atoms with Crippen molar-refractivity contribution < 1.29 is 9.59 Å². The number of carbonyl (C=O) groups is 2. The van der Waals surface area contributed by atoms with Gasteiger partial charge in [0.15, 0.2) is 0 Å². The van der Waals surface area contributed by atoms with E-state index in [1.54, 1.807) is 0 Å². The Morgan fingerprint density at radius 1 is 1.27 bits per heavy atom. The van der Waals surface area contributed by atoms with E-state index in [2.05, 4.69) is 29.4 Å². The van der Waals surface area contributed by atoms with E-state index < -0.39 is 0 Å². The highest BCUT2D eigenvalue weighted by molar-refractivity contribution is 5.93. The minimum atomic E-state index is -0.0293. The minimum Gasteiger partial charge on any atom is -0.354 e. The van der Waals surface area contributed by atoms with E-state index in [4.69, 9.17) is 0 Å². The van der Waals surface area contributed by atoms with E-state index in [0.717, 1.165) is 5.69 Å². The number of carbonyl (C=O) groups excluding carboxylic acids is 2. The first kappa shape index (κ1) is 15.1. The molecule has 2 amide bonds. The Morgan fingerprint density at radius 3 is 2.41 bits per heavy atom. The zero-order valence-electron chi connectivity index (χ0n) is 13.6.